The van der Waals surface area contributed by atoms with Crippen LogP contribution in [-0.2, 0) is 0 Å². The van der Waals surface area contributed by atoms with Gasteiger partial charge >= 0.3 is 0 Å². The number of nitrogens with one attached hydrogen (secondary N) is 2. The smallest absolute Gasteiger partial charge is 0.267 e. The second-order valence-corrected chi connectivity index (χ2v) is 8.18. The Morgan fingerprint density at radius 3 is 2.78 bits per heavy atom. The van der Waals surface area contributed by atoms with Gasteiger partial charge in [0, 0.05) is 11.4 Å². The summed E-state index contributed by atoms with van der Waals surface area (Å²) in [5, 5.41) is 7.67. The first kappa shape index (κ1) is 14.7. The number of fused-ring (bicyclic) bond motifs is 1. The van der Waals surface area contributed by atoms with Gasteiger partial charge in [-0.05, 0) is 18.2 Å². The number of nitrogens with zero attached hydrogens (tertiary/aromatic N) is 2. The van der Waals surface area contributed by atoms with Gasteiger partial charge in [0.25, 0.3) is 5.91 Å². The predicted octanol–water partition coefficient (Wildman–Crippen LogP) is 3.93. The van der Waals surface area contributed by atoms with E-state index in [9.17, 15) is 4.79 Å². The largest absolute Gasteiger partial charge is 0.332 e. The lowest BCUT2D eigenvalue weighted by molar-refractivity contribution is 0.0982. The van der Waals surface area contributed by atoms with Crippen molar-refractivity contribution in [2.75, 3.05) is 17.6 Å². The zero-order valence-corrected chi connectivity index (χ0v) is 14.4. The highest BCUT2D eigenvalue weighted by Gasteiger charge is 2.17. The second-order valence-electron chi connectivity index (χ2n) is 4.78. The third-order valence-corrected chi connectivity index (χ3v) is 6.24. The molecule has 0 aliphatic carbocycles. The number of amides is 1. The number of thiazole rings is 1. The molecule has 0 fully saturated rings. The normalized spacial score (nSPS) is 14.0. The van der Waals surface area contributed by atoms with Gasteiger partial charge in [-0.25, -0.2) is 4.98 Å². The number of anilines is 2. The number of amidine groups is 1. The molecule has 3 aromatic rings. The molecule has 8 heteroatoms. The average Bonchev–Trinajstić information content (AvgIpc) is 3.24. The number of aromatic nitrogens is 1. The summed E-state index contributed by atoms with van der Waals surface area (Å²) < 4.78 is 1.04. The SMILES string of the molecule is O=C(NC1=NCCS1)c1cc2nc(Nc3ccccc3)sc2s1. The van der Waals surface area contributed by atoms with Crippen LogP contribution in [0.25, 0.3) is 9.53 Å². The number of carbonyl (C=O) groups is 1. The Kier molecular flexibility index (Phi) is 4.02. The average molecular weight is 360 g/mol. The van der Waals surface area contributed by atoms with Gasteiger partial charge in [0.2, 0.25) is 0 Å². The molecule has 2 N–H and O–H groups in total. The monoisotopic (exact) mass is 360 g/mol. The lowest BCUT2D eigenvalue weighted by atomic mass is 10.3. The fourth-order valence-electron chi connectivity index (χ4n) is 2.12. The highest BCUT2D eigenvalue weighted by atomic mass is 32.2. The first-order valence-electron chi connectivity index (χ1n) is 6.99. The number of para-hydroxylation sites is 1. The molecule has 5 nitrogen and oxygen atoms in total. The highest BCUT2D eigenvalue weighted by Crippen LogP contribution is 2.34. The molecule has 4 rings (SSSR count). The first-order valence-corrected chi connectivity index (χ1v) is 9.61. The van der Waals surface area contributed by atoms with Crippen LogP contribution in [0.4, 0.5) is 10.8 Å². The number of hydrogen-bond donors (Lipinski definition) is 2. The van der Waals surface area contributed by atoms with E-state index in [2.05, 4.69) is 20.6 Å². The van der Waals surface area contributed by atoms with Crippen LogP contribution in [0, 0.1) is 0 Å². The molecule has 1 aliphatic rings. The summed E-state index contributed by atoms with van der Waals surface area (Å²) >= 11 is 4.59. The van der Waals surface area contributed by atoms with Gasteiger partial charge in [-0.15, -0.1) is 11.3 Å². The van der Waals surface area contributed by atoms with Crippen LogP contribution in [0.3, 0.4) is 0 Å². The van der Waals surface area contributed by atoms with Gasteiger partial charge in [-0.2, -0.15) is 0 Å². The van der Waals surface area contributed by atoms with E-state index in [1.165, 1.54) is 11.3 Å². The first-order chi connectivity index (χ1) is 11.3. The van der Waals surface area contributed by atoms with Crippen molar-refractivity contribution in [2.24, 2.45) is 4.99 Å². The zero-order chi connectivity index (χ0) is 15.6. The number of rotatable bonds is 3. The molecular weight excluding hydrogens is 348 g/mol. The zero-order valence-electron chi connectivity index (χ0n) is 11.9. The van der Waals surface area contributed by atoms with E-state index in [1.54, 1.807) is 23.1 Å². The standard InChI is InChI=1S/C15H12N4OS3/c20-12(19-14-16-6-7-21-14)11-8-10-13(22-11)23-15(18-10)17-9-4-2-1-3-5-9/h1-5,8H,6-7H2,(H,17,18)(H,16,19,20). The molecule has 0 atom stereocenters. The summed E-state index contributed by atoms with van der Waals surface area (Å²) in [6.45, 7) is 0.774. The van der Waals surface area contributed by atoms with E-state index in [4.69, 9.17) is 0 Å². The summed E-state index contributed by atoms with van der Waals surface area (Å²) in [5.74, 6) is 0.830. The molecule has 1 aliphatic heterocycles. The van der Waals surface area contributed by atoms with Crippen molar-refractivity contribution in [1.82, 2.24) is 10.3 Å². The van der Waals surface area contributed by atoms with Crippen LogP contribution in [-0.4, -0.2) is 28.4 Å². The molecule has 0 bridgehead atoms. The van der Waals surface area contributed by atoms with E-state index in [1.807, 2.05) is 36.4 Å². The number of benzene rings is 1. The maximum atomic E-state index is 12.2. The minimum atomic E-state index is -0.106. The number of thioether (sulfide) groups is 1. The highest BCUT2D eigenvalue weighted by molar-refractivity contribution is 8.14. The molecule has 0 saturated carbocycles. The summed E-state index contributed by atoms with van der Waals surface area (Å²) in [4.78, 5) is 21.7. The van der Waals surface area contributed by atoms with Crippen molar-refractivity contribution in [1.29, 1.82) is 0 Å². The van der Waals surface area contributed by atoms with Crippen molar-refractivity contribution < 1.29 is 4.79 Å². The Hall–Kier alpha value is -1.90. The van der Waals surface area contributed by atoms with Gasteiger partial charge in [0.1, 0.15) is 4.01 Å². The van der Waals surface area contributed by atoms with Gasteiger partial charge in [-0.3, -0.25) is 9.79 Å². The Labute approximate surface area is 144 Å². The Morgan fingerprint density at radius 2 is 2.04 bits per heavy atom. The summed E-state index contributed by atoms with van der Waals surface area (Å²) in [7, 11) is 0. The third kappa shape index (κ3) is 3.24. The fraction of sp³-hybridized carbons (Fsp3) is 0.133. The van der Waals surface area contributed by atoms with E-state index < -0.39 is 0 Å². The fourth-order valence-corrected chi connectivity index (χ4v) is 4.93. The van der Waals surface area contributed by atoms with Crippen LogP contribution in [0.2, 0.25) is 0 Å². The number of carbonyl (C=O) groups excluding carboxylic acids is 1. The molecule has 1 aromatic carbocycles. The van der Waals surface area contributed by atoms with Crippen LogP contribution in [0.15, 0.2) is 41.4 Å². The van der Waals surface area contributed by atoms with Crippen molar-refractivity contribution in [3.63, 3.8) is 0 Å². The van der Waals surface area contributed by atoms with Crippen molar-refractivity contribution in [3.05, 3.63) is 41.3 Å². The number of hydrogen-bond acceptors (Lipinski definition) is 7. The summed E-state index contributed by atoms with van der Waals surface area (Å²) in [5.41, 5.74) is 1.85. The van der Waals surface area contributed by atoms with Gasteiger partial charge in [0.05, 0.1) is 16.9 Å². The van der Waals surface area contributed by atoms with E-state index in [-0.39, 0.29) is 5.91 Å². The Morgan fingerprint density at radius 1 is 1.17 bits per heavy atom. The predicted molar refractivity (Wildman–Crippen MR) is 99.4 cm³/mol. The van der Waals surface area contributed by atoms with Crippen LogP contribution in [0.5, 0.6) is 0 Å². The van der Waals surface area contributed by atoms with E-state index in [0.29, 0.717) is 10.0 Å². The molecule has 0 radical (unpaired) electrons. The van der Waals surface area contributed by atoms with Crippen molar-refractivity contribution in [2.45, 2.75) is 0 Å². The molecule has 23 heavy (non-hydrogen) atoms. The lowest BCUT2D eigenvalue weighted by Crippen LogP contribution is -2.26. The molecule has 0 saturated heterocycles. The molecule has 1 amide bonds. The maximum Gasteiger partial charge on any atom is 0.267 e. The maximum absolute atomic E-state index is 12.2. The topological polar surface area (TPSA) is 66.4 Å². The van der Waals surface area contributed by atoms with Crippen LogP contribution >= 0.6 is 34.4 Å². The lowest BCUT2D eigenvalue weighted by Gasteiger charge is -2.01. The number of aliphatic imine (C=N–C) groups is 1. The van der Waals surface area contributed by atoms with Crippen molar-refractivity contribution in [3.8, 4) is 0 Å². The van der Waals surface area contributed by atoms with Gasteiger partial charge < -0.3 is 10.6 Å². The number of thiophene rings is 1. The van der Waals surface area contributed by atoms with E-state index >= 15 is 0 Å². The van der Waals surface area contributed by atoms with Crippen LogP contribution < -0.4 is 10.6 Å². The second kappa shape index (κ2) is 6.31. The van der Waals surface area contributed by atoms with Gasteiger partial charge in [-0.1, -0.05) is 41.3 Å². The molecule has 0 unspecified atom stereocenters. The van der Waals surface area contributed by atoms with E-state index in [0.717, 1.165) is 32.6 Å². The molecular formula is C15H12N4OS3. The van der Waals surface area contributed by atoms with Crippen LogP contribution in [0.1, 0.15) is 9.67 Å². The van der Waals surface area contributed by atoms with Crippen molar-refractivity contribution >= 4 is 65.9 Å². The Balaban J connectivity index is 1.51. The summed E-state index contributed by atoms with van der Waals surface area (Å²) in [6, 6.07) is 11.8. The molecule has 0 spiro atoms. The molecule has 2 aromatic heterocycles. The molecule has 116 valence electrons. The minimum Gasteiger partial charge on any atom is -0.332 e. The van der Waals surface area contributed by atoms with Gasteiger partial charge in [0.15, 0.2) is 10.3 Å². The minimum absolute atomic E-state index is 0.106. The molecule has 3 heterocycles. The summed E-state index contributed by atoms with van der Waals surface area (Å²) in [6.07, 6.45) is 0. The third-order valence-electron chi connectivity index (χ3n) is 3.15. The Bertz CT molecular complexity index is 853. The quantitative estimate of drug-likeness (QED) is 0.743.